The van der Waals surface area contributed by atoms with Gasteiger partial charge >= 0.3 is 28.6 Å². The number of benzene rings is 1. The van der Waals surface area contributed by atoms with Crippen molar-refractivity contribution in [1.82, 2.24) is 30.5 Å². The molecule has 5 rings (SSSR count). The molecule has 4 heterocycles. The number of hydrogen-bond donors (Lipinski definition) is 5. The van der Waals surface area contributed by atoms with Crippen LogP contribution in [0.3, 0.4) is 0 Å². The lowest BCUT2D eigenvalue weighted by Crippen LogP contribution is -2.76. The summed E-state index contributed by atoms with van der Waals surface area (Å²) in [6.07, 6.45) is 2.23. The quantitative estimate of drug-likeness (QED) is 0.0472. The fourth-order valence-electron chi connectivity index (χ4n) is 6.17. The lowest BCUT2D eigenvalue weighted by atomic mass is 9.84. The molecule has 3 aromatic rings. The molecule has 1 aromatic carbocycles. The van der Waals surface area contributed by atoms with Gasteiger partial charge in [-0.15, -0.1) is 15.6 Å². The number of carbonyl (C=O) groups is 5. The lowest BCUT2D eigenvalue weighted by Gasteiger charge is -2.50. The average molecular weight is 907 g/mol. The number of thiazole rings is 1. The van der Waals surface area contributed by atoms with Crippen molar-refractivity contribution < 1.29 is 65.4 Å². The Morgan fingerprint density at radius 1 is 1.05 bits per heavy atom. The summed E-state index contributed by atoms with van der Waals surface area (Å²) in [7, 11) is -5.09. The molecule has 4 amide bonds. The fourth-order valence-corrected chi connectivity index (χ4v) is 7.30. The smallest absolute Gasteiger partial charge is 0.418 e. The summed E-state index contributed by atoms with van der Waals surface area (Å²) in [6.45, 7) is 15.2. The molecule has 2 aromatic heterocycles. The van der Waals surface area contributed by atoms with Crippen LogP contribution in [0.2, 0.25) is 0 Å². The third-order valence-electron chi connectivity index (χ3n) is 9.26. The first-order valence-electron chi connectivity index (χ1n) is 19.2. The molecule has 0 spiro atoms. The maximum atomic E-state index is 13.8. The maximum absolute atomic E-state index is 13.8. The predicted octanol–water partition coefficient (Wildman–Crippen LogP) is 4.07. The molecule has 0 bridgehead atoms. The van der Waals surface area contributed by atoms with Gasteiger partial charge in [0, 0.05) is 30.2 Å². The highest BCUT2D eigenvalue weighted by Gasteiger charge is 2.58. The molecule has 22 nitrogen and oxygen atoms in total. The number of oxime groups is 1. The molecule has 2 aliphatic heterocycles. The summed E-state index contributed by atoms with van der Waals surface area (Å²) < 4.78 is 54.6. The third-order valence-corrected chi connectivity index (χ3v) is 10.4. The molecule has 24 heteroatoms. The van der Waals surface area contributed by atoms with E-state index in [0.717, 1.165) is 28.0 Å². The highest BCUT2D eigenvalue weighted by molar-refractivity contribution is 7.80. The molecule has 0 saturated carbocycles. The number of alkyl carbamates (subject to hydrolysis) is 1. The molecular weight excluding hydrogens is 857 g/mol. The minimum atomic E-state index is -5.09. The van der Waals surface area contributed by atoms with E-state index >= 15 is 0 Å². The number of hydroxylamine groups is 2. The van der Waals surface area contributed by atoms with E-state index in [4.69, 9.17) is 23.6 Å². The van der Waals surface area contributed by atoms with Crippen molar-refractivity contribution in [3.8, 4) is 16.9 Å². The van der Waals surface area contributed by atoms with E-state index in [0.29, 0.717) is 36.7 Å². The number of nitrogens with zero attached hydrogens (tertiary/aromatic N) is 5. The summed E-state index contributed by atoms with van der Waals surface area (Å²) in [5, 5.41) is 28.1. The van der Waals surface area contributed by atoms with Crippen molar-refractivity contribution >= 4 is 62.5 Å². The molecule has 3 atom stereocenters. The number of hydrogen-bond acceptors (Lipinski definition) is 16. The van der Waals surface area contributed by atoms with Crippen molar-refractivity contribution in [3.05, 3.63) is 47.2 Å². The Bertz CT molecular complexity index is 2350. The van der Waals surface area contributed by atoms with Crippen LogP contribution in [0.15, 0.2) is 41.1 Å². The van der Waals surface area contributed by atoms with Gasteiger partial charge in [-0.25, -0.2) is 19.4 Å². The number of aryl methyl sites for hydroxylation is 2. The zero-order chi connectivity index (χ0) is 46.0. The van der Waals surface area contributed by atoms with Crippen molar-refractivity contribution in [2.24, 2.45) is 5.16 Å². The second kappa shape index (κ2) is 17.9. The SMILES string of the molecule is CC(C)(C)OC(=O)NCCCn1cc(-c2ccc3c(c2)CCC(C(C)(ON=C(C(=O)NC2C(=O)N(OS(=O)(=O)O)C2(C)C)c2csc(NC(=O)OC(C)(C)C)n2)C(=O)O)O3)cn1. The van der Waals surface area contributed by atoms with Crippen molar-refractivity contribution in [2.45, 2.75) is 123 Å². The number of aliphatic carboxylic acids is 1. The van der Waals surface area contributed by atoms with E-state index in [9.17, 15) is 37.5 Å². The van der Waals surface area contributed by atoms with Crippen LogP contribution >= 0.6 is 11.3 Å². The zero-order valence-corrected chi connectivity index (χ0v) is 37.1. The van der Waals surface area contributed by atoms with Crippen LogP contribution < -0.4 is 20.7 Å². The topological polar surface area (TPSA) is 288 Å². The average Bonchev–Trinajstić information content (AvgIpc) is 3.82. The Labute approximate surface area is 361 Å². The van der Waals surface area contributed by atoms with Crippen LogP contribution in [-0.2, 0) is 56.3 Å². The van der Waals surface area contributed by atoms with Crippen LogP contribution in [0.4, 0.5) is 14.7 Å². The van der Waals surface area contributed by atoms with Gasteiger partial charge in [0.2, 0.25) is 0 Å². The van der Waals surface area contributed by atoms with Crippen molar-refractivity contribution in [2.75, 3.05) is 11.9 Å². The van der Waals surface area contributed by atoms with Crippen molar-refractivity contribution in [1.29, 1.82) is 0 Å². The van der Waals surface area contributed by atoms with Gasteiger partial charge < -0.3 is 34.8 Å². The van der Waals surface area contributed by atoms with Gasteiger partial charge in [-0.2, -0.15) is 18.6 Å². The molecule has 5 N–H and O–H groups in total. The molecule has 338 valence electrons. The van der Waals surface area contributed by atoms with E-state index in [1.54, 1.807) is 64.6 Å². The van der Waals surface area contributed by atoms with E-state index in [-0.39, 0.29) is 17.2 Å². The van der Waals surface area contributed by atoms with Gasteiger partial charge in [0.25, 0.3) is 17.4 Å². The molecule has 3 unspecified atom stereocenters. The summed E-state index contributed by atoms with van der Waals surface area (Å²) >= 11 is 0.869. The van der Waals surface area contributed by atoms with Crippen LogP contribution in [0.5, 0.6) is 5.75 Å². The third kappa shape index (κ3) is 11.7. The monoisotopic (exact) mass is 906 g/mol. The molecule has 1 saturated heterocycles. The number of aromatic nitrogens is 3. The highest BCUT2D eigenvalue weighted by atomic mass is 32.3. The maximum Gasteiger partial charge on any atom is 0.418 e. The summed E-state index contributed by atoms with van der Waals surface area (Å²) in [5.74, 6) is -3.24. The second-order valence-corrected chi connectivity index (χ2v) is 18.9. The predicted molar refractivity (Wildman–Crippen MR) is 220 cm³/mol. The summed E-state index contributed by atoms with van der Waals surface area (Å²) in [6, 6.07) is 3.98. The Hall–Kier alpha value is -5.85. The van der Waals surface area contributed by atoms with E-state index in [2.05, 4.69) is 35.5 Å². The van der Waals surface area contributed by atoms with Crippen LogP contribution in [0, 0.1) is 0 Å². The van der Waals surface area contributed by atoms with Crippen LogP contribution in [0.1, 0.15) is 86.4 Å². The van der Waals surface area contributed by atoms with Gasteiger partial charge in [-0.3, -0.25) is 24.1 Å². The zero-order valence-electron chi connectivity index (χ0n) is 35.5. The number of anilines is 1. The van der Waals surface area contributed by atoms with E-state index in [1.165, 1.54) is 26.2 Å². The van der Waals surface area contributed by atoms with Crippen LogP contribution in [0.25, 0.3) is 11.1 Å². The first kappa shape index (κ1) is 47.2. The molecule has 1 fully saturated rings. The Morgan fingerprint density at radius 3 is 2.35 bits per heavy atom. The van der Waals surface area contributed by atoms with E-state index in [1.807, 2.05) is 12.3 Å². The second-order valence-electron chi connectivity index (χ2n) is 17.0. The minimum Gasteiger partial charge on any atom is -0.485 e. The summed E-state index contributed by atoms with van der Waals surface area (Å²) in [4.78, 5) is 73.9. The number of ether oxygens (including phenoxy) is 3. The lowest BCUT2D eigenvalue weighted by molar-refractivity contribution is -0.218. The van der Waals surface area contributed by atoms with Crippen LogP contribution in [-0.4, -0.2) is 115 Å². The Kier molecular flexibility index (Phi) is 13.6. The number of β-lactam (4-membered cyclic amide) rings is 1. The number of carbonyl (C=O) groups excluding carboxylic acids is 4. The number of carboxylic acid groups (broad SMARTS) is 1. The normalized spacial score (nSPS) is 18.6. The first-order chi connectivity index (χ1) is 28.6. The molecular formula is C38H50N8O14S2. The molecule has 0 radical (unpaired) electrons. The first-order valence-corrected chi connectivity index (χ1v) is 21.5. The fraction of sp³-hybridized carbons (Fsp3) is 0.526. The number of fused-ring (bicyclic) bond motifs is 1. The van der Waals surface area contributed by atoms with E-state index < -0.39 is 80.6 Å². The largest absolute Gasteiger partial charge is 0.485 e. The number of rotatable bonds is 15. The van der Waals surface area contributed by atoms with Crippen molar-refractivity contribution in [3.63, 3.8) is 0 Å². The molecule has 62 heavy (non-hydrogen) atoms. The highest BCUT2D eigenvalue weighted by Crippen LogP contribution is 2.37. The van der Waals surface area contributed by atoms with Gasteiger partial charge in [-0.05, 0) is 105 Å². The Balaban J connectivity index is 1.32. The van der Waals surface area contributed by atoms with Gasteiger partial charge in [0.15, 0.2) is 16.9 Å². The Morgan fingerprint density at radius 2 is 1.73 bits per heavy atom. The number of nitrogens with one attached hydrogen (secondary N) is 3. The number of amides is 4. The number of carboxylic acids is 1. The summed E-state index contributed by atoms with van der Waals surface area (Å²) in [5.41, 5.74) is -3.53. The van der Waals surface area contributed by atoms with Gasteiger partial charge in [0.1, 0.15) is 28.7 Å². The minimum absolute atomic E-state index is 0.0324. The van der Waals surface area contributed by atoms with Gasteiger partial charge in [0.05, 0.1) is 11.7 Å². The van der Waals surface area contributed by atoms with Gasteiger partial charge in [-0.1, -0.05) is 11.2 Å². The molecule has 2 aliphatic rings. The standard InChI is InChI=1S/C38H50N8O14S2/c1-35(2,3)57-33(51)39-15-10-16-45-19-23(18-40-45)21-11-13-25-22(17-21)12-14-26(56-25)38(9,31(49)50)59-44-27(24-20-61-32(41-24)43-34(52)58-36(4,5)6)29(47)42-28-30(48)46(37(28,7)8)60-62(53,54)55/h11,13,17-20,26,28H,10,12,14-16H2,1-9H3,(H,39,51)(H,42,47)(H,49,50)(H,41,43,52)(H,53,54,55). The molecule has 0 aliphatic carbocycles.